The van der Waals surface area contributed by atoms with E-state index < -0.39 is 0 Å². The average Bonchev–Trinajstić information content (AvgIpc) is 1.96. The van der Waals surface area contributed by atoms with Crippen LogP contribution in [0.3, 0.4) is 0 Å². The molecule has 0 atom stereocenters. The molecule has 1 rings (SSSR count). The predicted octanol–water partition coefficient (Wildman–Crippen LogP) is 2.94. The summed E-state index contributed by atoms with van der Waals surface area (Å²) in [6, 6.07) is 0. The first-order valence-electron chi connectivity index (χ1n) is 2.89. The summed E-state index contributed by atoms with van der Waals surface area (Å²) in [5.74, 6) is 0.337. The highest BCUT2D eigenvalue weighted by atomic mass is 79.9. The van der Waals surface area contributed by atoms with E-state index in [1.807, 2.05) is 6.92 Å². The Bertz CT molecular complexity index is 278. The van der Waals surface area contributed by atoms with Crippen LogP contribution < -0.4 is 0 Å². The van der Waals surface area contributed by atoms with Crippen LogP contribution in [-0.2, 0) is 5.88 Å². The van der Waals surface area contributed by atoms with E-state index in [0.29, 0.717) is 5.88 Å². The van der Waals surface area contributed by atoms with Gasteiger partial charge in [-0.25, -0.2) is 9.97 Å². The quantitative estimate of drug-likeness (QED) is 0.570. The van der Waals surface area contributed by atoms with E-state index in [1.165, 1.54) is 0 Å². The molecule has 0 aliphatic heterocycles. The molecule has 0 aliphatic rings. The average molecular weight is 256 g/mol. The van der Waals surface area contributed by atoms with Crippen LogP contribution in [0.1, 0.15) is 11.4 Å². The van der Waals surface area contributed by atoms with Gasteiger partial charge >= 0.3 is 0 Å². The van der Waals surface area contributed by atoms with E-state index in [0.717, 1.165) is 15.9 Å². The number of halogens is 3. The second-order valence-electron chi connectivity index (χ2n) is 1.97. The number of aryl methyl sites for hydroxylation is 1. The Morgan fingerprint density at radius 1 is 1.45 bits per heavy atom. The third kappa shape index (κ3) is 2.04. The van der Waals surface area contributed by atoms with Crippen LogP contribution in [0, 0.1) is 6.92 Å². The van der Waals surface area contributed by atoms with Gasteiger partial charge in [0.2, 0.25) is 5.28 Å². The van der Waals surface area contributed by atoms with Crippen molar-refractivity contribution in [1.29, 1.82) is 0 Å². The van der Waals surface area contributed by atoms with Crippen molar-refractivity contribution in [3.63, 3.8) is 0 Å². The molecular formula is C6H5BrCl2N2. The van der Waals surface area contributed by atoms with Crippen LogP contribution in [0.4, 0.5) is 0 Å². The molecule has 0 saturated heterocycles. The highest BCUT2D eigenvalue weighted by molar-refractivity contribution is 9.10. The standard InChI is InChI=1S/C6H5BrCl2N2/c1-3-5(7)4(2-8)11-6(9)10-3/h2H2,1H3. The molecule has 0 unspecified atom stereocenters. The zero-order valence-corrected chi connectivity index (χ0v) is 8.83. The number of aromatic nitrogens is 2. The smallest absolute Gasteiger partial charge is 0.222 e. The van der Waals surface area contributed by atoms with E-state index in [4.69, 9.17) is 23.2 Å². The van der Waals surface area contributed by atoms with E-state index in [1.54, 1.807) is 0 Å². The largest absolute Gasteiger partial charge is 0.222 e. The molecule has 0 spiro atoms. The van der Waals surface area contributed by atoms with E-state index in [2.05, 4.69) is 25.9 Å². The highest BCUT2D eigenvalue weighted by Gasteiger charge is 2.05. The van der Waals surface area contributed by atoms with E-state index >= 15 is 0 Å². The molecule has 0 aliphatic carbocycles. The van der Waals surface area contributed by atoms with Gasteiger partial charge < -0.3 is 0 Å². The maximum absolute atomic E-state index is 5.60. The molecule has 0 aromatic carbocycles. The van der Waals surface area contributed by atoms with Crippen LogP contribution >= 0.6 is 39.1 Å². The molecule has 0 saturated carbocycles. The van der Waals surface area contributed by atoms with Gasteiger partial charge in [0.15, 0.2) is 0 Å². The molecule has 1 heterocycles. The molecule has 2 nitrogen and oxygen atoms in total. The number of nitrogens with zero attached hydrogens (tertiary/aromatic N) is 2. The monoisotopic (exact) mass is 254 g/mol. The molecule has 0 N–H and O–H groups in total. The molecule has 0 radical (unpaired) electrons. The van der Waals surface area contributed by atoms with Gasteiger partial charge in [-0.3, -0.25) is 0 Å². The van der Waals surface area contributed by atoms with Gasteiger partial charge in [-0.15, -0.1) is 11.6 Å². The fourth-order valence-electron chi connectivity index (χ4n) is 0.670. The lowest BCUT2D eigenvalue weighted by atomic mass is 10.4. The third-order valence-electron chi connectivity index (χ3n) is 1.18. The van der Waals surface area contributed by atoms with Crippen molar-refractivity contribution in [3.05, 3.63) is 21.1 Å². The minimum Gasteiger partial charge on any atom is -0.222 e. The van der Waals surface area contributed by atoms with Gasteiger partial charge in [-0.2, -0.15) is 0 Å². The fraction of sp³-hybridized carbons (Fsp3) is 0.333. The SMILES string of the molecule is Cc1nc(Cl)nc(CCl)c1Br. The van der Waals surface area contributed by atoms with Crippen molar-refractivity contribution in [3.8, 4) is 0 Å². The normalized spacial score (nSPS) is 10.2. The van der Waals surface area contributed by atoms with Gasteiger partial charge in [-0.1, -0.05) is 0 Å². The van der Waals surface area contributed by atoms with E-state index in [9.17, 15) is 0 Å². The molecule has 0 fully saturated rings. The highest BCUT2D eigenvalue weighted by Crippen LogP contribution is 2.20. The minimum atomic E-state index is 0.237. The number of hydrogen-bond donors (Lipinski definition) is 0. The summed E-state index contributed by atoms with van der Waals surface area (Å²) in [6.45, 7) is 1.84. The van der Waals surface area contributed by atoms with Crippen LogP contribution in [0.5, 0.6) is 0 Å². The Morgan fingerprint density at radius 2 is 2.09 bits per heavy atom. The van der Waals surface area contributed by atoms with Crippen molar-refractivity contribution in [2.24, 2.45) is 0 Å². The lowest BCUT2D eigenvalue weighted by Crippen LogP contribution is -1.94. The van der Waals surface area contributed by atoms with Gasteiger partial charge in [0.1, 0.15) is 0 Å². The second-order valence-corrected chi connectivity index (χ2v) is 3.37. The van der Waals surface area contributed by atoms with Gasteiger partial charge in [-0.05, 0) is 34.5 Å². The first-order valence-corrected chi connectivity index (χ1v) is 4.60. The van der Waals surface area contributed by atoms with Gasteiger partial charge in [0, 0.05) is 0 Å². The van der Waals surface area contributed by atoms with Crippen molar-refractivity contribution in [1.82, 2.24) is 9.97 Å². The molecule has 5 heteroatoms. The maximum atomic E-state index is 5.60. The maximum Gasteiger partial charge on any atom is 0.222 e. The number of rotatable bonds is 1. The first-order chi connectivity index (χ1) is 5.15. The summed E-state index contributed by atoms with van der Waals surface area (Å²) >= 11 is 14.5. The fourth-order valence-corrected chi connectivity index (χ4v) is 1.57. The Morgan fingerprint density at radius 3 is 2.64 bits per heavy atom. The number of alkyl halides is 1. The molecule has 0 bridgehead atoms. The zero-order valence-electron chi connectivity index (χ0n) is 5.74. The van der Waals surface area contributed by atoms with Crippen molar-refractivity contribution in [2.75, 3.05) is 0 Å². The summed E-state index contributed by atoms with van der Waals surface area (Å²) in [4.78, 5) is 7.86. The number of hydrogen-bond acceptors (Lipinski definition) is 2. The predicted molar refractivity (Wildman–Crippen MR) is 49.0 cm³/mol. The van der Waals surface area contributed by atoms with Gasteiger partial charge in [0.05, 0.1) is 21.7 Å². The third-order valence-corrected chi connectivity index (χ3v) is 2.64. The van der Waals surface area contributed by atoms with Crippen LogP contribution in [0.25, 0.3) is 0 Å². The van der Waals surface area contributed by atoms with Crippen LogP contribution in [0.2, 0.25) is 5.28 Å². The summed E-state index contributed by atoms with van der Waals surface area (Å²) in [5, 5.41) is 0.237. The molecule has 60 valence electrons. The zero-order chi connectivity index (χ0) is 8.43. The summed E-state index contributed by atoms with van der Waals surface area (Å²) in [6.07, 6.45) is 0. The minimum absolute atomic E-state index is 0.237. The van der Waals surface area contributed by atoms with Crippen molar-refractivity contribution >= 4 is 39.1 Å². The lowest BCUT2D eigenvalue weighted by Gasteiger charge is -2.01. The molecule has 1 aromatic heterocycles. The Kier molecular flexibility index (Phi) is 3.10. The molecule has 0 amide bonds. The second kappa shape index (κ2) is 3.70. The summed E-state index contributed by atoms with van der Waals surface area (Å²) < 4.78 is 0.830. The summed E-state index contributed by atoms with van der Waals surface area (Å²) in [5.41, 5.74) is 1.53. The van der Waals surface area contributed by atoms with Crippen molar-refractivity contribution < 1.29 is 0 Å². The molecular weight excluding hydrogens is 251 g/mol. The van der Waals surface area contributed by atoms with E-state index in [-0.39, 0.29) is 5.28 Å². The van der Waals surface area contributed by atoms with Crippen molar-refractivity contribution in [2.45, 2.75) is 12.8 Å². The summed E-state index contributed by atoms with van der Waals surface area (Å²) in [7, 11) is 0. The van der Waals surface area contributed by atoms with Crippen LogP contribution in [-0.4, -0.2) is 9.97 Å². The molecule has 11 heavy (non-hydrogen) atoms. The Hall–Kier alpha value is 0.140. The first kappa shape index (κ1) is 9.23. The van der Waals surface area contributed by atoms with Crippen LogP contribution in [0.15, 0.2) is 4.47 Å². The Balaban J connectivity index is 3.24. The Labute approximate surface area is 83.1 Å². The molecule has 1 aromatic rings. The van der Waals surface area contributed by atoms with Gasteiger partial charge in [0.25, 0.3) is 0 Å². The lowest BCUT2D eigenvalue weighted by molar-refractivity contribution is 1.02. The topological polar surface area (TPSA) is 25.8 Å².